The quantitative estimate of drug-likeness (QED) is 0.774. The standard InChI is InChI=1S/C18H28N4OS/c1-3-5-6-17(23)20-18(24)19-15-7-9-16(10-8-15)22-13-11-21(4-2)12-14-22/h7-10H,3-6,11-14H2,1-2H3,(H2,19,20,23,24). The van der Waals surface area contributed by atoms with Gasteiger partial charge in [-0.25, -0.2) is 0 Å². The van der Waals surface area contributed by atoms with Gasteiger partial charge in [-0.1, -0.05) is 20.3 Å². The van der Waals surface area contributed by atoms with Crippen molar-refractivity contribution in [3.8, 4) is 0 Å². The lowest BCUT2D eigenvalue weighted by atomic mass is 10.2. The molecule has 0 aromatic heterocycles. The van der Waals surface area contributed by atoms with E-state index in [9.17, 15) is 4.79 Å². The van der Waals surface area contributed by atoms with Crippen LogP contribution in [0.15, 0.2) is 24.3 Å². The molecule has 6 heteroatoms. The number of nitrogens with one attached hydrogen (secondary N) is 2. The molecule has 1 saturated heterocycles. The second-order valence-electron chi connectivity index (χ2n) is 6.07. The summed E-state index contributed by atoms with van der Waals surface area (Å²) in [7, 11) is 0. The van der Waals surface area contributed by atoms with Crippen molar-refractivity contribution in [2.45, 2.75) is 33.1 Å². The number of nitrogens with zero attached hydrogens (tertiary/aromatic N) is 2. The highest BCUT2D eigenvalue weighted by atomic mass is 32.1. The molecule has 5 nitrogen and oxygen atoms in total. The average Bonchev–Trinajstić information content (AvgIpc) is 2.60. The number of hydrogen-bond acceptors (Lipinski definition) is 4. The number of unbranched alkanes of at least 4 members (excludes halogenated alkanes) is 1. The lowest BCUT2D eigenvalue weighted by molar-refractivity contribution is -0.119. The topological polar surface area (TPSA) is 47.6 Å². The van der Waals surface area contributed by atoms with Crippen molar-refractivity contribution in [2.75, 3.05) is 42.9 Å². The van der Waals surface area contributed by atoms with Gasteiger partial charge in [-0.15, -0.1) is 0 Å². The first kappa shape index (κ1) is 18.7. The number of rotatable bonds is 6. The zero-order valence-electron chi connectivity index (χ0n) is 14.7. The predicted octanol–water partition coefficient (Wildman–Crippen LogP) is 2.83. The van der Waals surface area contributed by atoms with Gasteiger partial charge in [0.05, 0.1) is 0 Å². The Bertz CT molecular complexity index is 538. The predicted molar refractivity (Wildman–Crippen MR) is 105 cm³/mol. The van der Waals surface area contributed by atoms with Crippen LogP contribution in [0.4, 0.5) is 11.4 Å². The summed E-state index contributed by atoms with van der Waals surface area (Å²) in [5.41, 5.74) is 2.13. The van der Waals surface area contributed by atoms with Crippen LogP contribution < -0.4 is 15.5 Å². The SMILES string of the molecule is CCCCC(=O)NC(=S)Nc1ccc(N2CCN(CC)CC2)cc1. The molecule has 0 radical (unpaired) electrons. The van der Waals surface area contributed by atoms with E-state index in [-0.39, 0.29) is 5.91 Å². The highest BCUT2D eigenvalue weighted by Gasteiger charge is 2.15. The summed E-state index contributed by atoms with van der Waals surface area (Å²) >= 11 is 5.19. The lowest BCUT2D eigenvalue weighted by Gasteiger charge is -2.35. The summed E-state index contributed by atoms with van der Waals surface area (Å²) in [4.78, 5) is 16.5. The van der Waals surface area contributed by atoms with E-state index in [2.05, 4.69) is 46.4 Å². The normalized spacial score (nSPS) is 15.2. The summed E-state index contributed by atoms with van der Waals surface area (Å²) < 4.78 is 0. The van der Waals surface area contributed by atoms with Gasteiger partial charge in [0.1, 0.15) is 0 Å². The Morgan fingerprint density at radius 1 is 1.12 bits per heavy atom. The minimum atomic E-state index is -0.0280. The van der Waals surface area contributed by atoms with Crippen molar-refractivity contribution >= 4 is 34.6 Å². The van der Waals surface area contributed by atoms with Gasteiger partial charge in [-0.3, -0.25) is 4.79 Å². The molecule has 0 unspecified atom stereocenters. The molecule has 0 aliphatic carbocycles. The van der Waals surface area contributed by atoms with E-state index in [0.29, 0.717) is 11.5 Å². The molecule has 2 N–H and O–H groups in total. The van der Waals surface area contributed by atoms with Crippen molar-refractivity contribution in [1.29, 1.82) is 0 Å². The van der Waals surface area contributed by atoms with Gasteiger partial charge < -0.3 is 20.4 Å². The molecule has 24 heavy (non-hydrogen) atoms. The molecule has 1 aromatic carbocycles. The van der Waals surface area contributed by atoms with Crippen LogP contribution in [0.3, 0.4) is 0 Å². The first-order chi connectivity index (χ1) is 11.6. The van der Waals surface area contributed by atoms with Crippen molar-refractivity contribution < 1.29 is 4.79 Å². The molecule has 0 spiro atoms. The second-order valence-corrected chi connectivity index (χ2v) is 6.48. The number of amides is 1. The molecule has 1 heterocycles. The van der Waals surface area contributed by atoms with Gasteiger partial charge in [0, 0.05) is 44.0 Å². The Kier molecular flexibility index (Phi) is 7.46. The number of thiocarbonyl (C=S) groups is 1. The third-order valence-electron chi connectivity index (χ3n) is 4.32. The van der Waals surface area contributed by atoms with Crippen LogP contribution in [-0.4, -0.2) is 48.6 Å². The number of benzene rings is 1. The van der Waals surface area contributed by atoms with Gasteiger partial charge in [-0.2, -0.15) is 0 Å². The molecule has 0 atom stereocenters. The molecule has 0 bridgehead atoms. The smallest absolute Gasteiger partial charge is 0.226 e. The molecular weight excluding hydrogens is 320 g/mol. The summed E-state index contributed by atoms with van der Waals surface area (Å²) in [5, 5.41) is 6.15. The van der Waals surface area contributed by atoms with Crippen LogP contribution in [0, 0.1) is 0 Å². The van der Waals surface area contributed by atoms with E-state index in [1.165, 1.54) is 5.69 Å². The van der Waals surface area contributed by atoms with Gasteiger partial charge in [-0.05, 0) is 49.4 Å². The van der Waals surface area contributed by atoms with E-state index in [0.717, 1.165) is 51.3 Å². The highest BCUT2D eigenvalue weighted by Crippen LogP contribution is 2.19. The molecule has 1 fully saturated rings. The summed E-state index contributed by atoms with van der Waals surface area (Å²) in [6.45, 7) is 9.75. The van der Waals surface area contributed by atoms with Gasteiger partial charge in [0.2, 0.25) is 5.91 Å². The fraction of sp³-hybridized carbons (Fsp3) is 0.556. The maximum atomic E-state index is 11.7. The van der Waals surface area contributed by atoms with Crippen LogP contribution >= 0.6 is 12.2 Å². The molecule has 1 amide bonds. The summed E-state index contributed by atoms with van der Waals surface area (Å²) in [6, 6.07) is 8.22. The molecule has 1 aromatic rings. The number of hydrogen-bond donors (Lipinski definition) is 2. The Labute approximate surface area is 150 Å². The highest BCUT2D eigenvalue weighted by molar-refractivity contribution is 7.80. The van der Waals surface area contributed by atoms with Gasteiger partial charge >= 0.3 is 0 Å². The summed E-state index contributed by atoms with van der Waals surface area (Å²) in [5.74, 6) is -0.0280. The number of anilines is 2. The largest absolute Gasteiger partial charge is 0.369 e. The lowest BCUT2D eigenvalue weighted by Crippen LogP contribution is -2.46. The maximum absolute atomic E-state index is 11.7. The molecule has 132 valence electrons. The van der Waals surface area contributed by atoms with Crippen molar-refractivity contribution in [3.05, 3.63) is 24.3 Å². The molecular formula is C18H28N4OS. The molecule has 1 aliphatic rings. The first-order valence-corrected chi connectivity index (χ1v) is 9.21. The van der Waals surface area contributed by atoms with Crippen molar-refractivity contribution in [1.82, 2.24) is 10.2 Å². The van der Waals surface area contributed by atoms with Crippen LogP contribution in [0.5, 0.6) is 0 Å². The van der Waals surface area contributed by atoms with Crippen molar-refractivity contribution in [2.24, 2.45) is 0 Å². The van der Waals surface area contributed by atoms with E-state index in [1.807, 2.05) is 12.1 Å². The Morgan fingerprint density at radius 3 is 2.38 bits per heavy atom. The fourth-order valence-electron chi connectivity index (χ4n) is 2.77. The van der Waals surface area contributed by atoms with Crippen LogP contribution in [0.1, 0.15) is 33.1 Å². The number of likely N-dealkylation sites (N-methyl/N-ethyl adjacent to an activating group) is 1. The minimum absolute atomic E-state index is 0.0280. The number of carbonyl (C=O) groups excluding carboxylic acids is 1. The van der Waals surface area contributed by atoms with Crippen LogP contribution in [0.2, 0.25) is 0 Å². The number of piperazine rings is 1. The van der Waals surface area contributed by atoms with E-state index >= 15 is 0 Å². The second kappa shape index (κ2) is 9.59. The minimum Gasteiger partial charge on any atom is -0.369 e. The van der Waals surface area contributed by atoms with Gasteiger partial charge in [0.25, 0.3) is 0 Å². The Morgan fingerprint density at radius 2 is 1.79 bits per heavy atom. The van der Waals surface area contributed by atoms with Crippen molar-refractivity contribution in [3.63, 3.8) is 0 Å². The molecule has 1 aliphatic heterocycles. The zero-order valence-corrected chi connectivity index (χ0v) is 15.5. The maximum Gasteiger partial charge on any atom is 0.226 e. The monoisotopic (exact) mass is 348 g/mol. The summed E-state index contributed by atoms with van der Waals surface area (Å²) in [6.07, 6.45) is 2.40. The first-order valence-electron chi connectivity index (χ1n) is 8.80. The van der Waals surface area contributed by atoms with Crippen LogP contribution in [0.25, 0.3) is 0 Å². The Balaban J connectivity index is 1.81. The third-order valence-corrected chi connectivity index (χ3v) is 4.52. The number of carbonyl (C=O) groups is 1. The molecule has 0 saturated carbocycles. The third kappa shape index (κ3) is 5.76. The van der Waals surface area contributed by atoms with Crippen LogP contribution in [-0.2, 0) is 4.79 Å². The zero-order chi connectivity index (χ0) is 17.4. The van der Waals surface area contributed by atoms with Gasteiger partial charge in [0.15, 0.2) is 5.11 Å². The van der Waals surface area contributed by atoms with E-state index in [1.54, 1.807) is 0 Å². The average molecular weight is 349 g/mol. The fourth-order valence-corrected chi connectivity index (χ4v) is 3.00. The van der Waals surface area contributed by atoms with E-state index < -0.39 is 0 Å². The van der Waals surface area contributed by atoms with E-state index in [4.69, 9.17) is 12.2 Å². The molecule has 2 rings (SSSR count). The Hall–Kier alpha value is -1.66.